The summed E-state index contributed by atoms with van der Waals surface area (Å²) in [5.74, 6) is -0.639. The molecule has 0 unspecified atom stereocenters. The van der Waals surface area contributed by atoms with E-state index in [0.29, 0.717) is 6.42 Å². The summed E-state index contributed by atoms with van der Waals surface area (Å²) in [7, 11) is -2.67. The van der Waals surface area contributed by atoms with Gasteiger partial charge in [0.05, 0.1) is 29.1 Å². The van der Waals surface area contributed by atoms with Gasteiger partial charge in [-0.1, -0.05) is 29.8 Å². The highest BCUT2D eigenvalue weighted by molar-refractivity contribution is 7.89. The van der Waals surface area contributed by atoms with E-state index in [1.165, 1.54) is 25.3 Å². The van der Waals surface area contributed by atoms with E-state index in [4.69, 9.17) is 11.6 Å². The van der Waals surface area contributed by atoms with Crippen molar-refractivity contribution in [3.05, 3.63) is 77.1 Å². The first kappa shape index (κ1) is 20.1. The second-order valence-corrected chi connectivity index (χ2v) is 8.01. The van der Waals surface area contributed by atoms with Gasteiger partial charge in [-0.15, -0.1) is 0 Å². The van der Waals surface area contributed by atoms with Gasteiger partial charge in [0.15, 0.2) is 0 Å². The topological polar surface area (TPSA) is 90.3 Å². The number of para-hydroxylation sites is 1. The maximum absolute atomic E-state index is 12.6. The first-order valence-electron chi connectivity index (χ1n) is 8.38. The molecule has 3 aromatic rings. The zero-order valence-corrected chi connectivity index (χ0v) is 16.6. The summed E-state index contributed by atoms with van der Waals surface area (Å²) in [4.78, 5) is 11.5. The van der Waals surface area contributed by atoms with Gasteiger partial charge in [0.1, 0.15) is 4.90 Å². The third-order valence-corrected chi connectivity index (χ3v) is 5.92. The molecule has 0 saturated carbocycles. The number of benzene rings is 2. The van der Waals surface area contributed by atoms with E-state index < -0.39 is 16.0 Å². The second-order valence-electron chi connectivity index (χ2n) is 5.87. The molecule has 2 aromatic carbocycles. The highest BCUT2D eigenvalue weighted by Crippen LogP contribution is 2.23. The van der Waals surface area contributed by atoms with Gasteiger partial charge in [0, 0.05) is 19.2 Å². The second kappa shape index (κ2) is 8.55. The van der Waals surface area contributed by atoms with Gasteiger partial charge in [-0.05, 0) is 36.4 Å². The van der Waals surface area contributed by atoms with Crippen molar-refractivity contribution in [2.75, 3.05) is 13.7 Å². The average Bonchev–Trinajstić information content (AvgIpc) is 3.17. The van der Waals surface area contributed by atoms with Crippen molar-refractivity contribution >= 4 is 27.6 Å². The Hall–Kier alpha value is -2.68. The SMILES string of the molecule is COC(=O)c1ccc(Cl)c(S(=O)(=O)NCCc2ccn(-c3ccccc3)n2)c1. The Morgan fingerprint density at radius 1 is 1.18 bits per heavy atom. The molecule has 0 spiro atoms. The minimum absolute atomic E-state index is 0.0218. The minimum Gasteiger partial charge on any atom is -0.465 e. The fourth-order valence-electron chi connectivity index (χ4n) is 2.56. The molecule has 0 radical (unpaired) electrons. The van der Waals surface area contributed by atoms with Gasteiger partial charge in [-0.2, -0.15) is 5.10 Å². The summed E-state index contributed by atoms with van der Waals surface area (Å²) in [6.45, 7) is 0.132. The Morgan fingerprint density at radius 2 is 1.93 bits per heavy atom. The molecule has 146 valence electrons. The number of ether oxygens (including phenoxy) is 1. The number of aromatic nitrogens is 2. The van der Waals surface area contributed by atoms with Crippen LogP contribution in [0.3, 0.4) is 0 Å². The van der Waals surface area contributed by atoms with E-state index in [1.807, 2.05) is 42.6 Å². The van der Waals surface area contributed by atoms with Crippen LogP contribution in [0.25, 0.3) is 5.69 Å². The summed E-state index contributed by atoms with van der Waals surface area (Å²) in [5.41, 5.74) is 1.76. The summed E-state index contributed by atoms with van der Waals surface area (Å²) < 4.78 is 33.9. The maximum atomic E-state index is 12.6. The monoisotopic (exact) mass is 419 g/mol. The van der Waals surface area contributed by atoms with E-state index in [0.717, 1.165) is 11.4 Å². The number of rotatable bonds is 7. The van der Waals surface area contributed by atoms with Crippen LogP contribution in [-0.2, 0) is 21.2 Å². The van der Waals surface area contributed by atoms with Crippen molar-refractivity contribution < 1.29 is 17.9 Å². The van der Waals surface area contributed by atoms with Crippen LogP contribution in [0.5, 0.6) is 0 Å². The standard InChI is InChI=1S/C19H18ClN3O4S/c1-27-19(24)14-7-8-17(20)18(13-14)28(25,26)21-11-9-15-10-12-23(22-15)16-5-3-2-4-6-16/h2-8,10,12-13,21H,9,11H2,1H3. The van der Waals surface area contributed by atoms with Crippen molar-refractivity contribution in [3.63, 3.8) is 0 Å². The van der Waals surface area contributed by atoms with Gasteiger partial charge in [-0.3, -0.25) is 0 Å². The lowest BCUT2D eigenvalue weighted by molar-refractivity contribution is 0.0600. The number of carbonyl (C=O) groups is 1. The summed E-state index contributed by atoms with van der Waals surface area (Å²) in [6, 6.07) is 15.4. The number of nitrogens with one attached hydrogen (secondary N) is 1. The highest BCUT2D eigenvalue weighted by Gasteiger charge is 2.20. The molecule has 1 heterocycles. The van der Waals surface area contributed by atoms with Gasteiger partial charge < -0.3 is 4.74 Å². The quantitative estimate of drug-likeness (QED) is 0.595. The van der Waals surface area contributed by atoms with Crippen LogP contribution in [-0.4, -0.2) is 37.8 Å². The molecule has 0 aliphatic carbocycles. The molecule has 0 aliphatic heterocycles. The first-order valence-corrected chi connectivity index (χ1v) is 10.2. The van der Waals surface area contributed by atoms with E-state index in [-0.39, 0.29) is 22.0 Å². The fourth-order valence-corrected chi connectivity index (χ4v) is 4.12. The highest BCUT2D eigenvalue weighted by atomic mass is 35.5. The van der Waals surface area contributed by atoms with Gasteiger partial charge in [0.2, 0.25) is 10.0 Å². The Kier molecular flexibility index (Phi) is 6.13. The summed E-state index contributed by atoms with van der Waals surface area (Å²) in [5, 5.41) is 4.46. The summed E-state index contributed by atoms with van der Waals surface area (Å²) in [6.07, 6.45) is 2.21. The maximum Gasteiger partial charge on any atom is 0.337 e. The number of hydrogen-bond acceptors (Lipinski definition) is 5. The predicted molar refractivity (Wildman–Crippen MR) is 105 cm³/mol. The molecule has 0 aliphatic rings. The molecule has 3 rings (SSSR count). The van der Waals surface area contributed by atoms with Crippen LogP contribution < -0.4 is 4.72 Å². The third kappa shape index (κ3) is 4.59. The Morgan fingerprint density at radius 3 is 2.64 bits per heavy atom. The number of esters is 1. The van der Waals surface area contributed by atoms with Crippen LogP contribution in [0, 0.1) is 0 Å². The number of carbonyl (C=O) groups excluding carboxylic acids is 1. The number of methoxy groups -OCH3 is 1. The van der Waals surface area contributed by atoms with Gasteiger partial charge >= 0.3 is 5.97 Å². The molecule has 7 nitrogen and oxygen atoms in total. The fraction of sp³-hybridized carbons (Fsp3) is 0.158. The van der Waals surface area contributed by atoms with Gasteiger partial charge in [-0.25, -0.2) is 22.6 Å². The lowest BCUT2D eigenvalue weighted by Gasteiger charge is -2.09. The molecule has 0 bridgehead atoms. The normalized spacial score (nSPS) is 11.4. The Labute approximate surface area is 168 Å². The van der Waals surface area contributed by atoms with E-state index >= 15 is 0 Å². The zero-order chi connectivity index (χ0) is 20.1. The molecular weight excluding hydrogens is 402 g/mol. The zero-order valence-electron chi connectivity index (χ0n) is 15.0. The molecule has 0 fully saturated rings. The van der Waals surface area contributed by atoms with Crippen LogP contribution in [0.1, 0.15) is 16.1 Å². The summed E-state index contributed by atoms with van der Waals surface area (Å²) >= 11 is 6.01. The molecule has 0 amide bonds. The third-order valence-electron chi connectivity index (χ3n) is 3.98. The van der Waals surface area contributed by atoms with Crippen LogP contribution in [0.15, 0.2) is 65.7 Å². The Bertz CT molecular complexity index is 1080. The van der Waals surface area contributed by atoms with Crippen LogP contribution in [0.2, 0.25) is 5.02 Å². The number of sulfonamides is 1. The predicted octanol–water partition coefficient (Wildman–Crippen LogP) is 2.83. The number of halogens is 1. The molecule has 1 aromatic heterocycles. The van der Waals surface area contributed by atoms with E-state index in [9.17, 15) is 13.2 Å². The van der Waals surface area contributed by atoms with Crippen LogP contribution in [0.4, 0.5) is 0 Å². The molecule has 0 saturated heterocycles. The van der Waals surface area contributed by atoms with E-state index in [2.05, 4.69) is 14.6 Å². The van der Waals surface area contributed by atoms with Crippen molar-refractivity contribution in [3.8, 4) is 5.69 Å². The van der Waals surface area contributed by atoms with Crippen molar-refractivity contribution in [1.82, 2.24) is 14.5 Å². The number of hydrogen-bond donors (Lipinski definition) is 1. The minimum atomic E-state index is -3.89. The van der Waals surface area contributed by atoms with Crippen LogP contribution >= 0.6 is 11.6 Å². The average molecular weight is 420 g/mol. The molecule has 1 N–H and O–H groups in total. The molecular formula is C19H18ClN3O4S. The Balaban J connectivity index is 1.68. The number of nitrogens with zero attached hydrogens (tertiary/aromatic N) is 2. The van der Waals surface area contributed by atoms with E-state index in [1.54, 1.807) is 4.68 Å². The molecule has 28 heavy (non-hydrogen) atoms. The molecule has 9 heteroatoms. The lowest BCUT2D eigenvalue weighted by atomic mass is 10.2. The first-order chi connectivity index (χ1) is 13.4. The van der Waals surface area contributed by atoms with Crippen molar-refractivity contribution in [2.24, 2.45) is 0 Å². The smallest absolute Gasteiger partial charge is 0.337 e. The van der Waals surface area contributed by atoms with Gasteiger partial charge in [0.25, 0.3) is 0 Å². The lowest BCUT2D eigenvalue weighted by Crippen LogP contribution is -2.26. The van der Waals surface area contributed by atoms with Crippen molar-refractivity contribution in [1.29, 1.82) is 0 Å². The largest absolute Gasteiger partial charge is 0.465 e. The molecule has 0 atom stereocenters. The van der Waals surface area contributed by atoms with Crippen molar-refractivity contribution in [2.45, 2.75) is 11.3 Å².